The fourth-order valence-electron chi connectivity index (χ4n) is 7.56. The van der Waals surface area contributed by atoms with Gasteiger partial charge in [-0.25, -0.2) is 31.4 Å². The Hall–Kier alpha value is -7.41. The van der Waals surface area contributed by atoms with Crippen LogP contribution in [0.3, 0.4) is 0 Å². The van der Waals surface area contributed by atoms with E-state index in [9.17, 15) is 50.7 Å². The molecule has 374 valence electrons. The number of carbonyl (C=O) groups excluding carboxylic acids is 5. The number of benzene rings is 4. The first-order valence-corrected chi connectivity index (χ1v) is 24.8. The monoisotopic (exact) mass is 1000 g/mol. The maximum absolute atomic E-state index is 13.1. The normalized spacial score (nSPS) is 16.8. The number of amides is 4. The van der Waals surface area contributed by atoms with Crippen LogP contribution in [-0.4, -0.2) is 130 Å². The number of carboxylic acids is 1. The first kappa shape index (κ1) is 53.5. The third kappa shape index (κ3) is 14.8. The minimum absolute atomic E-state index is 0.0602. The minimum Gasteiger partial charge on any atom is -0.480 e. The van der Waals surface area contributed by atoms with Crippen molar-refractivity contribution in [2.75, 3.05) is 44.3 Å². The molecule has 0 bridgehead atoms. The molecular formula is C46H56N10O12S2. The number of carboxylic acid groups (broad SMARTS) is 1. The molecule has 24 heteroatoms. The number of rotatable bonds is 19. The Balaban J connectivity index is 0.000000271. The van der Waals surface area contributed by atoms with Crippen LogP contribution in [-0.2, 0) is 66.4 Å². The highest BCUT2D eigenvalue weighted by atomic mass is 32.2. The molecule has 4 aromatic rings. The fraction of sp³-hybridized carbons (Fsp3) is 0.326. The van der Waals surface area contributed by atoms with Crippen molar-refractivity contribution in [3.05, 3.63) is 120 Å². The molecule has 0 spiro atoms. The van der Waals surface area contributed by atoms with Crippen LogP contribution >= 0.6 is 0 Å². The third-order valence-corrected chi connectivity index (χ3v) is 14.9. The number of sulfonamides is 2. The molecule has 2 aliphatic rings. The largest absolute Gasteiger partial charge is 0.480 e. The lowest BCUT2D eigenvalue weighted by atomic mass is 10.0. The van der Waals surface area contributed by atoms with Crippen LogP contribution in [0, 0.1) is 0 Å². The molecule has 4 amide bonds. The Morgan fingerprint density at radius 2 is 1.14 bits per heavy atom. The Morgan fingerprint density at radius 3 is 1.60 bits per heavy atom. The van der Waals surface area contributed by atoms with Crippen molar-refractivity contribution in [3.63, 3.8) is 0 Å². The van der Waals surface area contributed by atoms with E-state index in [2.05, 4.69) is 26.3 Å². The molecule has 4 atom stereocenters. The van der Waals surface area contributed by atoms with Gasteiger partial charge in [-0.1, -0.05) is 60.7 Å². The second-order valence-corrected chi connectivity index (χ2v) is 19.9. The van der Waals surface area contributed by atoms with Gasteiger partial charge in [-0.3, -0.25) is 19.2 Å². The summed E-state index contributed by atoms with van der Waals surface area (Å²) in [7, 11) is -6.50. The molecule has 4 aromatic carbocycles. The summed E-state index contributed by atoms with van der Waals surface area (Å²) >= 11 is 0. The number of carbonyl (C=O) groups is 6. The summed E-state index contributed by atoms with van der Waals surface area (Å²) in [5.41, 5.74) is 18.3. The van der Waals surface area contributed by atoms with Crippen molar-refractivity contribution in [3.8, 4) is 0 Å². The lowest BCUT2D eigenvalue weighted by Gasteiger charge is -2.25. The molecule has 2 aliphatic heterocycles. The van der Waals surface area contributed by atoms with Gasteiger partial charge in [-0.15, -0.1) is 0 Å². The van der Waals surface area contributed by atoms with E-state index < -0.39 is 79.8 Å². The first-order chi connectivity index (χ1) is 33.3. The average molecular weight is 1010 g/mol. The fourth-order valence-corrected chi connectivity index (χ4v) is 10.9. The first-order valence-electron chi connectivity index (χ1n) is 21.9. The highest BCUT2D eigenvalue weighted by Crippen LogP contribution is 2.28. The summed E-state index contributed by atoms with van der Waals surface area (Å²) in [5, 5.41) is 19.8. The number of hydrogen-bond donors (Lipinski definition) is 8. The zero-order valence-electron chi connectivity index (χ0n) is 38.1. The number of nitrogens with two attached hydrogens (primary N) is 3. The smallest absolute Gasteiger partial charge is 0.328 e. The van der Waals surface area contributed by atoms with Gasteiger partial charge in [0.2, 0.25) is 43.7 Å². The van der Waals surface area contributed by atoms with Crippen molar-refractivity contribution in [1.29, 1.82) is 0 Å². The molecule has 11 N–H and O–H groups in total. The highest BCUT2D eigenvalue weighted by Gasteiger charge is 2.42. The van der Waals surface area contributed by atoms with Crippen molar-refractivity contribution in [1.82, 2.24) is 24.6 Å². The molecule has 70 heavy (non-hydrogen) atoms. The van der Waals surface area contributed by atoms with Gasteiger partial charge < -0.3 is 48.3 Å². The van der Waals surface area contributed by atoms with Crippen LogP contribution in [0.25, 0.3) is 0 Å². The number of anilines is 2. The van der Waals surface area contributed by atoms with Crippen LogP contribution < -0.4 is 38.5 Å². The summed E-state index contributed by atoms with van der Waals surface area (Å²) in [6.07, 6.45) is 1.81. The number of aliphatic carboxylic acids is 1. The summed E-state index contributed by atoms with van der Waals surface area (Å²) in [6.45, 7) is -0.227. The standard InChI is InChI=1S/C25H31N7O7S.C21H25N3O5S/c26-25(27)29-14-21(33)28-15-22(34)30-17-10-8-16(9-11-17)13-19(24(36)37)31-23(35)20-7-4-12-32(20)40(38,39)18-5-2-1-3-6-18;1-29-21(26)18(14-15-9-11-16(22)12-10-15)23-20(25)19-8-5-13-24(19)30(27,28)17-6-3-2-4-7-17/h1-3,5-6,8-11,19-20H,4,7,12-15H2,(H,28,33)(H,30,34)(H,31,35)(H,36,37)(H4,26,27,29);2-4,6-7,9-12,18-19H,5,8,13-14,22H2,1H3,(H,23,25)/t19-,20-;18-,19-/m00/s1. The molecule has 22 nitrogen and oxygen atoms in total. The number of ether oxygens (including phenoxy) is 1. The van der Waals surface area contributed by atoms with Gasteiger partial charge in [0.05, 0.1) is 23.4 Å². The van der Waals surface area contributed by atoms with Gasteiger partial charge in [0.15, 0.2) is 5.96 Å². The minimum atomic E-state index is -3.93. The van der Waals surface area contributed by atoms with Crippen molar-refractivity contribution < 1.29 is 55.4 Å². The number of hydrogen-bond acceptors (Lipinski definition) is 13. The highest BCUT2D eigenvalue weighted by molar-refractivity contribution is 7.89. The summed E-state index contributed by atoms with van der Waals surface area (Å²) in [5.74, 6) is -4.38. The molecule has 0 radical (unpaired) electrons. The number of esters is 1. The second-order valence-electron chi connectivity index (χ2n) is 16.1. The van der Waals surface area contributed by atoms with Gasteiger partial charge in [0, 0.05) is 37.3 Å². The van der Waals surface area contributed by atoms with E-state index in [-0.39, 0.29) is 61.2 Å². The van der Waals surface area contributed by atoms with E-state index in [0.717, 1.165) is 9.87 Å². The van der Waals surface area contributed by atoms with E-state index >= 15 is 0 Å². The van der Waals surface area contributed by atoms with Crippen LogP contribution in [0.5, 0.6) is 0 Å². The lowest BCUT2D eigenvalue weighted by Crippen LogP contribution is -2.51. The van der Waals surface area contributed by atoms with E-state index in [1.807, 2.05) is 0 Å². The van der Waals surface area contributed by atoms with E-state index in [4.69, 9.17) is 21.9 Å². The molecule has 2 saturated heterocycles. The van der Waals surface area contributed by atoms with E-state index in [0.29, 0.717) is 36.2 Å². The number of methoxy groups -OCH3 is 1. The number of guanidine groups is 1. The number of nitrogen functional groups attached to an aromatic ring is 1. The lowest BCUT2D eigenvalue weighted by molar-refractivity contribution is -0.145. The van der Waals surface area contributed by atoms with Crippen LogP contribution in [0.4, 0.5) is 11.4 Å². The van der Waals surface area contributed by atoms with Crippen LogP contribution in [0.1, 0.15) is 36.8 Å². The van der Waals surface area contributed by atoms with Gasteiger partial charge in [0.1, 0.15) is 30.7 Å². The molecule has 2 heterocycles. The molecule has 0 aromatic heterocycles. The summed E-state index contributed by atoms with van der Waals surface area (Å²) in [4.78, 5) is 77.5. The topological polar surface area (TPSA) is 345 Å². The zero-order chi connectivity index (χ0) is 51.0. The van der Waals surface area contributed by atoms with Crippen molar-refractivity contribution in [2.45, 2.75) is 72.5 Å². The molecule has 0 saturated carbocycles. The summed E-state index contributed by atoms with van der Waals surface area (Å²) in [6, 6.07) is 24.8. The van der Waals surface area contributed by atoms with Crippen LogP contribution in [0.2, 0.25) is 0 Å². The Labute approximate surface area is 405 Å². The van der Waals surface area contributed by atoms with E-state index in [1.54, 1.807) is 84.9 Å². The van der Waals surface area contributed by atoms with Gasteiger partial charge in [-0.05, 0) is 85.3 Å². The maximum atomic E-state index is 13.1. The third-order valence-electron chi connectivity index (χ3n) is 11.1. The van der Waals surface area contributed by atoms with Crippen molar-refractivity contribution >= 4 is 72.9 Å². The maximum Gasteiger partial charge on any atom is 0.328 e. The average Bonchev–Trinajstić information content (AvgIpc) is 4.07. The predicted octanol–water partition coefficient (Wildman–Crippen LogP) is 0.302. The number of aliphatic imine (C=N–C) groups is 1. The van der Waals surface area contributed by atoms with Crippen LogP contribution in [0.15, 0.2) is 124 Å². The molecule has 6 rings (SSSR count). The Bertz CT molecular complexity index is 2730. The molecule has 2 fully saturated rings. The van der Waals surface area contributed by atoms with Gasteiger partial charge >= 0.3 is 11.9 Å². The number of nitrogens with zero attached hydrogens (tertiary/aromatic N) is 3. The molecular weight excluding hydrogens is 949 g/mol. The van der Waals surface area contributed by atoms with Gasteiger partial charge in [0.25, 0.3) is 0 Å². The summed E-state index contributed by atoms with van der Waals surface area (Å²) < 4.78 is 59.2. The predicted molar refractivity (Wildman–Crippen MR) is 257 cm³/mol. The zero-order valence-corrected chi connectivity index (χ0v) is 39.7. The molecule has 0 unspecified atom stereocenters. The van der Waals surface area contributed by atoms with Crippen molar-refractivity contribution in [2.24, 2.45) is 16.5 Å². The Morgan fingerprint density at radius 1 is 0.686 bits per heavy atom. The second kappa shape index (κ2) is 24.7. The van der Waals surface area contributed by atoms with E-state index in [1.165, 1.54) is 35.7 Å². The van der Waals surface area contributed by atoms with Gasteiger partial charge in [-0.2, -0.15) is 8.61 Å². The SMILES string of the molecule is COC(=O)[C@H](Cc1ccc(N)cc1)NC(=O)[C@@H]1CCCN1S(=O)(=O)c1ccccc1.NC(N)=NCC(=O)NCC(=O)Nc1ccc(C[C@H](NC(=O)[C@@H]2CCCN2S(=O)(=O)c2ccccc2)C(=O)O)cc1. The number of nitrogens with one attached hydrogen (secondary N) is 4. The Kier molecular flexibility index (Phi) is 18.9. The quantitative estimate of drug-likeness (QED) is 0.0271. The molecule has 0 aliphatic carbocycles.